The third kappa shape index (κ3) is 1.67. The molecule has 2 rings (SSSR count). The molecule has 1 heterocycles. The summed E-state index contributed by atoms with van der Waals surface area (Å²) in [6.07, 6.45) is 1.10. The van der Waals surface area contributed by atoms with Crippen LogP contribution in [0.4, 0.5) is 5.69 Å². The maximum Gasteiger partial charge on any atom is 0.142 e. The number of para-hydroxylation sites is 1. The van der Waals surface area contributed by atoms with E-state index < -0.39 is 0 Å². The summed E-state index contributed by atoms with van der Waals surface area (Å²) in [6, 6.07) is 6.82. The van der Waals surface area contributed by atoms with Crippen molar-refractivity contribution in [3.8, 4) is 5.75 Å². The van der Waals surface area contributed by atoms with Crippen LogP contribution in [0.5, 0.6) is 5.75 Å². The standard InChI is InChI=1S/C12H18N2O/c1-13-8-10-7-9-5-4-6-11(15-3)12(9)14(10)2/h4-6,10,13H,7-8H2,1-3H3. The normalized spacial score (nSPS) is 19.1. The lowest BCUT2D eigenvalue weighted by Gasteiger charge is -2.23. The first kappa shape index (κ1) is 10.3. The van der Waals surface area contributed by atoms with Gasteiger partial charge in [0.15, 0.2) is 0 Å². The molecule has 1 aromatic rings. The topological polar surface area (TPSA) is 24.5 Å². The number of ether oxygens (including phenoxy) is 1. The van der Waals surface area contributed by atoms with Crippen molar-refractivity contribution < 1.29 is 4.74 Å². The fraction of sp³-hybridized carbons (Fsp3) is 0.500. The lowest BCUT2D eigenvalue weighted by atomic mass is 10.1. The molecule has 82 valence electrons. The molecule has 15 heavy (non-hydrogen) atoms. The summed E-state index contributed by atoms with van der Waals surface area (Å²) in [7, 11) is 5.86. The van der Waals surface area contributed by atoms with E-state index in [-0.39, 0.29) is 0 Å². The Labute approximate surface area is 91.0 Å². The van der Waals surface area contributed by atoms with Gasteiger partial charge in [0.05, 0.1) is 12.8 Å². The van der Waals surface area contributed by atoms with Gasteiger partial charge in [0, 0.05) is 19.6 Å². The Kier molecular flexibility index (Phi) is 2.82. The molecule has 1 atom stereocenters. The van der Waals surface area contributed by atoms with E-state index in [1.807, 2.05) is 13.1 Å². The molecule has 3 nitrogen and oxygen atoms in total. The predicted molar refractivity (Wildman–Crippen MR) is 62.8 cm³/mol. The number of fused-ring (bicyclic) bond motifs is 1. The van der Waals surface area contributed by atoms with Gasteiger partial charge in [0.2, 0.25) is 0 Å². The van der Waals surface area contributed by atoms with Crippen LogP contribution in [-0.2, 0) is 6.42 Å². The number of nitrogens with one attached hydrogen (secondary N) is 1. The third-order valence-corrected chi connectivity index (χ3v) is 3.10. The van der Waals surface area contributed by atoms with Crippen LogP contribution in [-0.4, -0.2) is 33.8 Å². The molecular formula is C12H18N2O. The second-order valence-corrected chi connectivity index (χ2v) is 3.99. The van der Waals surface area contributed by atoms with E-state index >= 15 is 0 Å². The van der Waals surface area contributed by atoms with Crippen molar-refractivity contribution >= 4 is 5.69 Å². The second kappa shape index (κ2) is 4.11. The molecule has 0 amide bonds. The Morgan fingerprint density at radius 3 is 3.00 bits per heavy atom. The molecule has 1 aromatic carbocycles. The summed E-state index contributed by atoms with van der Waals surface area (Å²) in [5.74, 6) is 0.980. The molecule has 0 aliphatic carbocycles. The first-order valence-corrected chi connectivity index (χ1v) is 5.31. The zero-order chi connectivity index (χ0) is 10.8. The van der Waals surface area contributed by atoms with Crippen LogP contribution in [0.15, 0.2) is 18.2 Å². The second-order valence-electron chi connectivity index (χ2n) is 3.99. The molecule has 1 aliphatic heterocycles. The maximum atomic E-state index is 5.39. The van der Waals surface area contributed by atoms with Crippen molar-refractivity contribution in [3.05, 3.63) is 23.8 Å². The number of rotatable bonds is 3. The molecular weight excluding hydrogens is 188 g/mol. The van der Waals surface area contributed by atoms with Gasteiger partial charge in [-0.05, 0) is 25.1 Å². The molecule has 1 N–H and O–H groups in total. The van der Waals surface area contributed by atoms with Crippen molar-refractivity contribution in [2.45, 2.75) is 12.5 Å². The fourth-order valence-corrected chi connectivity index (χ4v) is 2.32. The number of likely N-dealkylation sites (N-methyl/N-ethyl adjacent to an activating group) is 2. The number of anilines is 1. The summed E-state index contributed by atoms with van der Waals surface area (Å²) >= 11 is 0. The first-order valence-electron chi connectivity index (χ1n) is 5.31. The minimum Gasteiger partial charge on any atom is -0.495 e. The van der Waals surface area contributed by atoms with Crippen molar-refractivity contribution in [3.63, 3.8) is 0 Å². The molecule has 0 aromatic heterocycles. The summed E-state index contributed by atoms with van der Waals surface area (Å²) in [5.41, 5.74) is 2.64. The zero-order valence-electron chi connectivity index (χ0n) is 9.58. The molecule has 1 aliphatic rings. The SMILES string of the molecule is CNCC1Cc2cccc(OC)c2N1C. The van der Waals surface area contributed by atoms with Gasteiger partial charge in [0.1, 0.15) is 5.75 Å². The molecule has 0 spiro atoms. The van der Waals surface area contributed by atoms with E-state index in [4.69, 9.17) is 4.74 Å². The monoisotopic (exact) mass is 206 g/mol. The molecule has 3 heteroatoms. The number of benzene rings is 1. The molecule has 0 bridgehead atoms. The Morgan fingerprint density at radius 2 is 2.33 bits per heavy atom. The molecule has 0 saturated carbocycles. The summed E-state index contributed by atoms with van der Waals surface area (Å²) in [4.78, 5) is 2.31. The molecule has 0 fully saturated rings. The lowest BCUT2D eigenvalue weighted by molar-refractivity contribution is 0.415. The highest BCUT2D eigenvalue weighted by Gasteiger charge is 2.28. The van der Waals surface area contributed by atoms with E-state index in [1.54, 1.807) is 7.11 Å². The first-order chi connectivity index (χ1) is 7.27. The van der Waals surface area contributed by atoms with Gasteiger partial charge >= 0.3 is 0 Å². The highest BCUT2D eigenvalue weighted by Crippen LogP contribution is 2.38. The van der Waals surface area contributed by atoms with Crippen LogP contribution >= 0.6 is 0 Å². The highest BCUT2D eigenvalue weighted by atomic mass is 16.5. The van der Waals surface area contributed by atoms with E-state index in [1.165, 1.54) is 11.3 Å². The quantitative estimate of drug-likeness (QED) is 0.806. The van der Waals surface area contributed by atoms with E-state index in [2.05, 4.69) is 29.4 Å². The molecule has 1 unspecified atom stereocenters. The maximum absolute atomic E-state index is 5.39. The van der Waals surface area contributed by atoms with Crippen LogP contribution in [0.1, 0.15) is 5.56 Å². The van der Waals surface area contributed by atoms with Gasteiger partial charge < -0.3 is 15.0 Å². The van der Waals surface area contributed by atoms with Crippen LogP contribution in [0, 0.1) is 0 Å². The average Bonchev–Trinajstić information content (AvgIpc) is 2.57. The Hall–Kier alpha value is -1.22. The van der Waals surface area contributed by atoms with E-state index in [0.29, 0.717) is 6.04 Å². The Balaban J connectivity index is 2.32. The smallest absolute Gasteiger partial charge is 0.142 e. The van der Waals surface area contributed by atoms with Crippen LogP contribution < -0.4 is 15.0 Å². The van der Waals surface area contributed by atoms with Gasteiger partial charge in [-0.15, -0.1) is 0 Å². The summed E-state index contributed by atoms with van der Waals surface area (Å²) in [6.45, 7) is 1.01. The van der Waals surface area contributed by atoms with Gasteiger partial charge in [0.25, 0.3) is 0 Å². The van der Waals surface area contributed by atoms with Crippen LogP contribution in [0.25, 0.3) is 0 Å². The van der Waals surface area contributed by atoms with Crippen LogP contribution in [0.3, 0.4) is 0 Å². The summed E-state index contributed by atoms with van der Waals surface area (Å²) < 4.78 is 5.39. The largest absolute Gasteiger partial charge is 0.495 e. The van der Waals surface area contributed by atoms with Gasteiger partial charge in [-0.25, -0.2) is 0 Å². The minimum absolute atomic E-state index is 0.543. The fourth-order valence-electron chi connectivity index (χ4n) is 2.32. The number of methoxy groups -OCH3 is 1. The van der Waals surface area contributed by atoms with Gasteiger partial charge in [-0.3, -0.25) is 0 Å². The Bertz CT molecular complexity index is 351. The van der Waals surface area contributed by atoms with Crippen LogP contribution in [0.2, 0.25) is 0 Å². The van der Waals surface area contributed by atoms with Gasteiger partial charge in [-0.2, -0.15) is 0 Å². The highest BCUT2D eigenvalue weighted by molar-refractivity contribution is 5.67. The van der Waals surface area contributed by atoms with Crippen molar-refractivity contribution in [2.75, 3.05) is 32.6 Å². The van der Waals surface area contributed by atoms with Crippen molar-refractivity contribution in [1.29, 1.82) is 0 Å². The van der Waals surface area contributed by atoms with E-state index in [0.717, 1.165) is 18.7 Å². The molecule has 0 radical (unpaired) electrons. The predicted octanol–water partition coefficient (Wildman–Crippen LogP) is 1.28. The summed E-state index contributed by atoms with van der Waals surface area (Å²) in [5, 5.41) is 3.23. The average molecular weight is 206 g/mol. The minimum atomic E-state index is 0.543. The van der Waals surface area contributed by atoms with Gasteiger partial charge in [-0.1, -0.05) is 12.1 Å². The Morgan fingerprint density at radius 1 is 1.53 bits per heavy atom. The lowest BCUT2D eigenvalue weighted by Crippen LogP contribution is -2.36. The third-order valence-electron chi connectivity index (χ3n) is 3.10. The zero-order valence-corrected chi connectivity index (χ0v) is 9.58. The van der Waals surface area contributed by atoms with Crippen molar-refractivity contribution in [2.24, 2.45) is 0 Å². The number of hydrogen-bond acceptors (Lipinski definition) is 3. The van der Waals surface area contributed by atoms with Crippen molar-refractivity contribution in [1.82, 2.24) is 5.32 Å². The number of nitrogens with zero attached hydrogens (tertiary/aromatic N) is 1. The van der Waals surface area contributed by atoms with E-state index in [9.17, 15) is 0 Å². The number of hydrogen-bond donors (Lipinski definition) is 1. The molecule has 0 saturated heterocycles.